The third-order valence-electron chi connectivity index (χ3n) is 4.36. The summed E-state index contributed by atoms with van der Waals surface area (Å²) in [6, 6.07) is 0. The lowest BCUT2D eigenvalue weighted by Crippen LogP contribution is -2.40. The Bertz CT molecular complexity index is 326. The number of guanidine groups is 1. The Kier molecular flexibility index (Phi) is 15.1. The lowest BCUT2D eigenvalue weighted by atomic mass is 9.67. The molecule has 1 rings (SSSR count). The molecule has 0 spiro atoms. The number of rotatable bonds is 13. The van der Waals surface area contributed by atoms with Crippen LogP contribution in [0.25, 0.3) is 0 Å². The summed E-state index contributed by atoms with van der Waals surface area (Å²) in [5.74, 6) is 0.910. The monoisotopic (exact) mass is 457 g/mol. The van der Waals surface area contributed by atoms with Gasteiger partial charge in [0.15, 0.2) is 5.96 Å². The molecule has 0 aromatic rings. The average Bonchev–Trinajstić information content (AvgIpc) is 2.52. The number of hydrogen-bond donors (Lipinski definition) is 2. The highest BCUT2D eigenvalue weighted by atomic mass is 127. The quantitative estimate of drug-likeness (QED) is 0.193. The maximum atomic E-state index is 5.46. The molecule has 0 atom stereocenters. The van der Waals surface area contributed by atoms with Gasteiger partial charge in [-0.05, 0) is 38.0 Å². The van der Waals surface area contributed by atoms with Crippen LogP contribution >= 0.6 is 24.0 Å². The zero-order chi connectivity index (χ0) is 16.8. The van der Waals surface area contributed by atoms with Crippen LogP contribution in [0.2, 0.25) is 0 Å². The molecule has 0 radical (unpaired) electrons. The van der Waals surface area contributed by atoms with Gasteiger partial charge in [-0.1, -0.05) is 6.42 Å². The number of halogens is 1. The molecule has 0 aliphatic heterocycles. The maximum absolute atomic E-state index is 5.46. The van der Waals surface area contributed by atoms with E-state index in [1.165, 1.54) is 19.3 Å². The van der Waals surface area contributed by atoms with E-state index in [9.17, 15) is 0 Å². The molecule has 1 saturated carbocycles. The zero-order valence-electron chi connectivity index (χ0n) is 15.6. The van der Waals surface area contributed by atoms with E-state index < -0.39 is 0 Å². The molecule has 1 aliphatic carbocycles. The van der Waals surface area contributed by atoms with Crippen molar-refractivity contribution >= 4 is 29.9 Å². The summed E-state index contributed by atoms with van der Waals surface area (Å²) in [7, 11) is 3.46. The third-order valence-corrected chi connectivity index (χ3v) is 4.36. The fourth-order valence-electron chi connectivity index (χ4n) is 2.70. The van der Waals surface area contributed by atoms with Crippen molar-refractivity contribution in [3.63, 3.8) is 0 Å². The van der Waals surface area contributed by atoms with Crippen LogP contribution in [0.5, 0.6) is 0 Å². The lowest BCUT2D eigenvalue weighted by molar-refractivity contribution is 0.0698. The highest BCUT2D eigenvalue weighted by molar-refractivity contribution is 14.0. The molecule has 24 heavy (non-hydrogen) atoms. The van der Waals surface area contributed by atoms with E-state index in [-0.39, 0.29) is 24.0 Å². The van der Waals surface area contributed by atoms with Gasteiger partial charge in [0.2, 0.25) is 0 Å². The van der Waals surface area contributed by atoms with Gasteiger partial charge in [-0.15, -0.1) is 24.0 Å². The predicted octanol–water partition coefficient (Wildman–Crippen LogP) is 2.42. The number of hydrogen-bond acceptors (Lipinski definition) is 4. The van der Waals surface area contributed by atoms with Crippen molar-refractivity contribution in [3.05, 3.63) is 0 Å². The van der Waals surface area contributed by atoms with Crippen LogP contribution in [0.1, 0.15) is 39.0 Å². The molecular formula is C17H36IN3O3. The molecular weight excluding hydrogens is 421 g/mol. The molecule has 144 valence electrons. The van der Waals surface area contributed by atoms with E-state index in [1.807, 2.05) is 0 Å². The lowest BCUT2D eigenvalue weighted by Gasteiger charge is -2.40. The summed E-state index contributed by atoms with van der Waals surface area (Å²) in [5, 5.41) is 6.70. The third kappa shape index (κ3) is 10.0. The molecule has 1 fully saturated rings. The second-order valence-electron chi connectivity index (χ2n) is 6.18. The Labute approximate surface area is 164 Å². The largest absolute Gasteiger partial charge is 0.385 e. The van der Waals surface area contributed by atoms with E-state index in [4.69, 9.17) is 19.2 Å². The standard InChI is InChI=1S/C17H35N3O3.HI/c1-4-18-16(19-10-6-11-23-14-13-22-3)20-15-17(7-5-8-17)9-12-21-2;/h4-15H2,1-3H3,(H2,18,19,20);1H. The van der Waals surface area contributed by atoms with E-state index >= 15 is 0 Å². The van der Waals surface area contributed by atoms with Gasteiger partial charge < -0.3 is 24.8 Å². The van der Waals surface area contributed by atoms with E-state index in [2.05, 4.69) is 17.6 Å². The van der Waals surface area contributed by atoms with Crippen molar-refractivity contribution in [2.75, 3.05) is 60.3 Å². The number of ether oxygens (including phenoxy) is 3. The molecule has 0 saturated heterocycles. The van der Waals surface area contributed by atoms with Gasteiger partial charge in [0.25, 0.3) is 0 Å². The second kappa shape index (κ2) is 15.2. The number of methoxy groups -OCH3 is 2. The molecule has 0 aromatic heterocycles. The number of aliphatic imine (C=N–C) groups is 1. The summed E-state index contributed by atoms with van der Waals surface area (Å²) < 4.78 is 15.7. The van der Waals surface area contributed by atoms with Crippen molar-refractivity contribution in [1.82, 2.24) is 10.6 Å². The first-order valence-corrected chi connectivity index (χ1v) is 8.84. The Morgan fingerprint density at radius 3 is 2.38 bits per heavy atom. The summed E-state index contributed by atoms with van der Waals surface area (Å²) in [5.41, 5.74) is 0.363. The summed E-state index contributed by atoms with van der Waals surface area (Å²) in [6.45, 7) is 7.61. The van der Waals surface area contributed by atoms with E-state index in [1.54, 1.807) is 14.2 Å². The first kappa shape index (κ1) is 23.9. The molecule has 7 heteroatoms. The van der Waals surface area contributed by atoms with Crippen LogP contribution < -0.4 is 10.6 Å². The molecule has 0 amide bonds. The average molecular weight is 457 g/mol. The first-order chi connectivity index (χ1) is 11.3. The predicted molar refractivity (Wildman–Crippen MR) is 109 cm³/mol. The van der Waals surface area contributed by atoms with Crippen molar-refractivity contribution < 1.29 is 14.2 Å². The smallest absolute Gasteiger partial charge is 0.191 e. The Hall–Kier alpha value is -0.120. The van der Waals surface area contributed by atoms with Gasteiger partial charge in [-0.2, -0.15) is 0 Å². The van der Waals surface area contributed by atoms with Crippen molar-refractivity contribution in [1.29, 1.82) is 0 Å². The Morgan fingerprint density at radius 1 is 1.04 bits per heavy atom. The number of nitrogens with zero attached hydrogens (tertiary/aromatic N) is 1. The topological polar surface area (TPSA) is 64.1 Å². The van der Waals surface area contributed by atoms with Crippen LogP contribution in [-0.2, 0) is 14.2 Å². The highest BCUT2D eigenvalue weighted by Crippen LogP contribution is 2.44. The summed E-state index contributed by atoms with van der Waals surface area (Å²) >= 11 is 0. The van der Waals surface area contributed by atoms with Crippen molar-refractivity contribution in [2.45, 2.75) is 39.0 Å². The zero-order valence-corrected chi connectivity index (χ0v) is 17.9. The SMILES string of the molecule is CCNC(=NCC1(CCOC)CCC1)NCCCOCCOC.I. The van der Waals surface area contributed by atoms with Crippen molar-refractivity contribution in [2.24, 2.45) is 10.4 Å². The van der Waals surface area contributed by atoms with Crippen LogP contribution in [0.4, 0.5) is 0 Å². The molecule has 0 unspecified atom stereocenters. The summed E-state index contributed by atoms with van der Waals surface area (Å²) in [4.78, 5) is 4.79. The highest BCUT2D eigenvalue weighted by Gasteiger charge is 2.36. The van der Waals surface area contributed by atoms with Gasteiger partial charge in [-0.25, -0.2) is 0 Å². The minimum Gasteiger partial charge on any atom is -0.385 e. The second-order valence-corrected chi connectivity index (χ2v) is 6.18. The van der Waals surface area contributed by atoms with Gasteiger partial charge in [-0.3, -0.25) is 4.99 Å². The van der Waals surface area contributed by atoms with Gasteiger partial charge in [0.05, 0.1) is 13.2 Å². The maximum Gasteiger partial charge on any atom is 0.191 e. The fraction of sp³-hybridized carbons (Fsp3) is 0.941. The van der Waals surface area contributed by atoms with Gasteiger partial charge >= 0.3 is 0 Å². The Balaban J connectivity index is 0.00000529. The van der Waals surface area contributed by atoms with Gasteiger partial charge in [0.1, 0.15) is 0 Å². The molecule has 0 bridgehead atoms. The molecule has 6 nitrogen and oxygen atoms in total. The van der Waals surface area contributed by atoms with E-state index in [0.29, 0.717) is 18.6 Å². The molecule has 2 N–H and O–H groups in total. The first-order valence-electron chi connectivity index (χ1n) is 8.84. The molecule has 1 aliphatic rings. The minimum atomic E-state index is 0. The number of nitrogens with one attached hydrogen (secondary N) is 2. The van der Waals surface area contributed by atoms with Crippen LogP contribution in [0.3, 0.4) is 0 Å². The molecule has 0 heterocycles. The summed E-state index contributed by atoms with van der Waals surface area (Å²) in [6.07, 6.45) is 5.93. The van der Waals surface area contributed by atoms with Crippen LogP contribution in [-0.4, -0.2) is 66.2 Å². The van der Waals surface area contributed by atoms with Crippen LogP contribution in [0, 0.1) is 5.41 Å². The van der Waals surface area contributed by atoms with Crippen LogP contribution in [0.15, 0.2) is 4.99 Å². The van der Waals surface area contributed by atoms with Gasteiger partial charge in [0, 0.05) is 47.1 Å². The minimum absolute atomic E-state index is 0. The Morgan fingerprint density at radius 2 is 1.79 bits per heavy atom. The van der Waals surface area contributed by atoms with Crippen molar-refractivity contribution in [3.8, 4) is 0 Å². The normalized spacial score (nSPS) is 16.2. The molecule has 0 aromatic carbocycles. The fourth-order valence-corrected chi connectivity index (χ4v) is 2.70. The van der Waals surface area contributed by atoms with E-state index in [0.717, 1.165) is 51.6 Å².